The van der Waals surface area contributed by atoms with Crippen LogP contribution in [0.3, 0.4) is 0 Å². The molecule has 1 spiro atoms. The van der Waals surface area contributed by atoms with E-state index in [0.717, 1.165) is 30.8 Å². The summed E-state index contributed by atoms with van der Waals surface area (Å²) in [7, 11) is 0. The molecule has 2 aliphatic rings. The number of ether oxygens (including phenoxy) is 2. The SMILES string of the molecule is NCc1ccccc1OC1CCOC2(CCC2)C1. The van der Waals surface area contributed by atoms with Gasteiger partial charge in [0.25, 0.3) is 0 Å². The Morgan fingerprint density at radius 1 is 1.33 bits per heavy atom. The lowest BCUT2D eigenvalue weighted by Crippen LogP contribution is -2.48. The van der Waals surface area contributed by atoms with Crippen LogP contribution in [0.15, 0.2) is 24.3 Å². The third-order valence-corrected chi connectivity index (χ3v) is 4.20. The van der Waals surface area contributed by atoms with Crippen molar-refractivity contribution in [2.24, 2.45) is 5.73 Å². The lowest BCUT2D eigenvalue weighted by atomic mass is 9.74. The molecule has 0 bridgehead atoms. The predicted molar refractivity (Wildman–Crippen MR) is 70.5 cm³/mol. The molecule has 0 aromatic heterocycles. The second-order valence-electron chi connectivity index (χ2n) is 5.43. The van der Waals surface area contributed by atoms with E-state index in [1.165, 1.54) is 19.3 Å². The summed E-state index contributed by atoms with van der Waals surface area (Å²) in [5.74, 6) is 0.946. The zero-order valence-electron chi connectivity index (χ0n) is 10.7. The molecule has 2 fully saturated rings. The molecule has 1 aromatic carbocycles. The van der Waals surface area contributed by atoms with E-state index in [-0.39, 0.29) is 11.7 Å². The monoisotopic (exact) mass is 247 g/mol. The maximum Gasteiger partial charge on any atom is 0.124 e. The summed E-state index contributed by atoms with van der Waals surface area (Å²) < 4.78 is 12.1. The van der Waals surface area contributed by atoms with Crippen molar-refractivity contribution in [1.29, 1.82) is 0 Å². The van der Waals surface area contributed by atoms with E-state index in [2.05, 4.69) is 0 Å². The Bertz CT molecular complexity index is 415. The Labute approximate surface area is 108 Å². The molecule has 2 N–H and O–H groups in total. The molecular formula is C15H21NO2. The molecule has 1 saturated heterocycles. The molecule has 0 radical (unpaired) electrons. The molecule has 3 heteroatoms. The maximum absolute atomic E-state index is 6.15. The zero-order chi connectivity index (χ0) is 12.4. The van der Waals surface area contributed by atoms with Gasteiger partial charge < -0.3 is 15.2 Å². The van der Waals surface area contributed by atoms with Gasteiger partial charge in [0.05, 0.1) is 12.2 Å². The summed E-state index contributed by atoms with van der Waals surface area (Å²) in [6.07, 6.45) is 6.00. The lowest BCUT2D eigenvalue weighted by Gasteiger charge is -2.47. The van der Waals surface area contributed by atoms with Gasteiger partial charge in [-0.3, -0.25) is 0 Å². The standard InChI is InChI=1S/C15H21NO2/c16-11-12-4-1-2-5-14(12)18-13-6-9-17-15(10-13)7-3-8-15/h1-2,4-5,13H,3,6-11,16H2. The summed E-state index contributed by atoms with van der Waals surface area (Å²) in [6, 6.07) is 8.07. The minimum Gasteiger partial charge on any atom is -0.490 e. The van der Waals surface area contributed by atoms with Crippen LogP contribution in [0.1, 0.15) is 37.7 Å². The maximum atomic E-state index is 6.15. The van der Waals surface area contributed by atoms with Crippen LogP contribution in [0.2, 0.25) is 0 Å². The number of hydrogen-bond donors (Lipinski definition) is 1. The van der Waals surface area contributed by atoms with Crippen molar-refractivity contribution >= 4 is 0 Å². The minimum atomic E-state index is 0.139. The first-order valence-electron chi connectivity index (χ1n) is 6.90. The minimum absolute atomic E-state index is 0.139. The third-order valence-electron chi connectivity index (χ3n) is 4.20. The van der Waals surface area contributed by atoms with Gasteiger partial charge >= 0.3 is 0 Å². The van der Waals surface area contributed by atoms with Crippen molar-refractivity contribution in [2.75, 3.05) is 6.61 Å². The van der Waals surface area contributed by atoms with E-state index >= 15 is 0 Å². The Kier molecular flexibility index (Phi) is 3.27. The predicted octanol–water partition coefficient (Wildman–Crippen LogP) is 2.63. The number of nitrogens with two attached hydrogens (primary N) is 1. The van der Waals surface area contributed by atoms with Crippen molar-refractivity contribution in [3.63, 3.8) is 0 Å². The number of para-hydroxylation sites is 1. The summed E-state index contributed by atoms with van der Waals surface area (Å²) in [6.45, 7) is 1.36. The van der Waals surface area contributed by atoms with Gasteiger partial charge in [0, 0.05) is 24.9 Å². The molecule has 3 rings (SSSR count). The van der Waals surface area contributed by atoms with E-state index in [4.69, 9.17) is 15.2 Å². The fourth-order valence-corrected chi connectivity index (χ4v) is 2.97. The molecule has 1 heterocycles. The smallest absolute Gasteiger partial charge is 0.124 e. The molecule has 18 heavy (non-hydrogen) atoms. The molecule has 1 aromatic rings. The van der Waals surface area contributed by atoms with Crippen LogP contribution in [0, 0.1) is 0 Å². The normalized spacial score (nSPS) is 25.7. The summed E-state index contributed by atoms with van der Waals surface area (Å²) in [5, 5.41) is 0. The average Bonchev–Trinajstić information content (AvgIpc) is 2.38. The molecular weight excluding hydrogens is 226 g/mol. The summed E-state index contributed by atoms with van der Waals surface area (Å²) in [4.78, 5) is 0. The molecule has 1 atom stereocenters. The highest BCUT2D eigenvalue weighted by molar-refractivity contribution is 5.33. The molecule has 1 aliphatic carbocycles. The Morgan fingerprint density at radius 3 is 2.89 bits per heavy atom. The second-order valence-corrected chi connectivity index (χ2v) is 5.43. The zero-order valence-corrected chi connectivity index (χ0v) is 10.7. The van der Waals surface area contributed by atoms with E-state index < -0.39 is 0 Å². The summed E-state index contributed by atoms with van der Waals surface area (Å²) in [5.41, 5.74) is 6.97. The first-order chi connectivity index (χ1) is 8.81. The topological polar surface area (TPSA) is 44.5 Å². The number of hydrogen-bond acceptors (Lipinski definition) is 3. The van der Waals surface area contributed by atoms with Gasteiger partial charge in [0.1, 0.15) is 11.9 Å². The molecule has 3 nitrogen and oxygen atoms in total. The second kappa shape index (κ2) is 4.90. The summed E-state index contributed by atoms with van der Waals surface area (Å²) >= 11 is 0. The fourth-order valence-electron chi connectivity index (χ4n) is 2.97. The van der Waals surface area contributed by atoms with E-state index in [1.54, 1.807) is 0 Å². The van der Waals surface area contributed by atoms with Crippen molar-refractivity contribution in [3.05, 3.63) is 29.8 Å². The molecule has 1 unspecified atom stereocenters. The first-order valence-corrected chi connectivity index (χ1v) is 6.90. The third kappa shape index (κ3) is 2.25. The average molecular weight is 247 g/mol. The highest BCUT2D eigenvalue weighted by Gasteiger charge is 2.43. The highest BCUT2D eigenvalue weighted by Crippen LogP contribution is 2.43. The van der Waals surface area contributed by atoms with Gasteiger partial charge in [0.15, 0.2) is 0 Å². The van der Waals surface area contributed by atoms with E-state index in [0.29, 0.717) is 6.54 Å². The van der Waals surface area contributed by atoms with E-state index in [9.17, 15) is 0 Å². The van der Waals surface area contributed by atoms with Gasteiger partial charge in [0.2, 0.25) is 0 Å². The largest absolute Gasteiger partial charge is 0.490 e. The van der Waals surface area contributed by atoms with Crippen LogP contribution < -0.4 is 10.5 Å². The van der Waals surface area contributed by atoms with Crippen LogP contribution >= 0.6 is 0 Å². The van der Waals surface area contributed by atoms with Crippen LogP contribution in [0.4, 0.5) is 0 Å². The van der Waals surface area contributed by atoms with Gasteiger partial charge in [-0.15, -0.1) is 0 Å². The van der Waals surface area contributed by atoms with Crippen molar-refractivity contribution < 1.29 is 9.47 Å². The Balaban J connectivity index is 1.68. The lowest BCUT2D eigenvalue weighted by molar-refractivity contribution is -0.153. The molecule has 1 aliphatic heterocycles. The van der Waals surface area contributed by atoms with E-state index in [1.807, 2.05) is 24.3 Å². The van der Waals surface area contributed by atoms with Gasteiger partial charge in [-0.2, -0.15) is 0 Å². The molecule has 98 valence electrons. The molecule has 1 saturated carbocycles. The quantitative estimate of drug-likeness (QED) is 0.893. The van der Waals surface area contributed by atoms with Crippen molar-refractivity contribution in [1.82, 2.24) is 0 Å². The van der Waals surface area contributed by atoms with Gasteiger partial charge in [-0.05, 0) is 25.3 Å². The van der Waals surface area contributed by atoms with Gasteiger partial charge in [-0.1, -0.05) is 18.2 Å². The first kappa shape index (κ1) is 12.0. The Hall–Kier alpha value is -1.06. The molecule has 0 amide bonds. The van der Waals surface area contributed by atoms with Crippen LogP contribution in [-0.2, 0) is 11.3 Å². The number of rotatable bonds is 3. The van der Waals surface area contributed by atoms with Crippen LogP contribution in [0.25, 0.3) is 0 Å². The van der Waals surface area contributed by atoms with Crippen LogP contribution in [-0.4, -0.2) is 18.3 Å². The van der Waals surface area contributed by atoms with Crippen LogP contribution in [0.5, 0.6) is 5.75 Å². The van der Waals surface area contributed by atoms with Crippen molar-refractivity contribution in [2.45, 2.75) is 50.4 Å². The van der Waals surface area contributed by atoms with Gasteiger partial charge in [-0.25, -0.2) is 0 Å². The van der Waals surface area contributed by atoms with Crippen molar-refractivity contribution in [3.8, 4) is 5.75 Å². The Morgan fingerprint density at radius 2 is 2.17 bits per heavy atom. The fraction of sp³-hybridized carbons (Fsp3) is 0.600. The number of benzene rings is 1. The highest BCUT2D eigenvalue weighted by atomic mass is 16.5.